The summed E-state index contributed by atoms with van der Waals surface area (Å²) in [5.74, 6) is -0.159. The van der Waals surface area contributed by atoms with Crippen LogP contribution in [0.4, 0.5) is 5.69 Å². The van der Waals surface area contributed by atoms with Crippen LogP contribution in [0.2, 0.25) is 0 Å². The molecule has 1 N–H and O–H groups in total. The van der Waals surface area contributed by atoms with Crippen LogP contribution in [0.25, 0.3) is 11.3 Å². The summed E-state index contributed by atoms with van der Waals surface area (Å²) in [6.45, 7) is 2.99. The molecule has 0 atom stereocenters. The number of morpholine rings is 1. The van der Waals surface area contributed by atoms with Crippen molar-refractivity contribution in [3.8, 4) is 17.1 Å². The molecule has 3 rings (SSSR count). The lowest BCUT2D eigenvalue weighted by molar-refractivity contribution is 0.0686. The van der Waals surface area contributed by atoms with Crippen molar-refractivity contribution in [2.24, 2.45) is 0 Å². The van der Waals surface area contributed by atoms with Crippen molar-refractivity contribution in [2.45, 2.75) is 0 Å². The molecule has 7 heteroatoms. The van der Waals surface area contributed by atoms with Gasteiger partial charge in [-0.3, -0.25) is 0 Å². The van der Waals surface area contributed by atoms with E-state index in [-0.39, 0.29) is 5.69 Å². The van der Waals surface area contributed by atoms with Crippen LogP contribution >= 0.6 is 0 Å². The fourth-order valence-electron chi connectivity index (χ4n) is 2.41. The summed E-state index contributed by atoms with van der Waals surface area (Å²) in [5, 5.41) is 12.5. The summed E-state index contributed by atoms with van der Waals surface area (Å²) in [5.41, 5.74) is 1.55. The Morgan fingerprint density at radius 3 is 2.73 bits per heavy atom. The summed E-state index contributed by atoms with van der Waals surface area (Å²) < 4.78 is 15.8. The molecule has 22 heavy (non-hydrogen) atoms. The molecule has 116 valence electrons. The maximum atomic E-state index is 10.9. The number of ether oxygens (including phenoxy) is 2. The first-order valence-corrected chi connectivity index (χ1v) is 6.90. The molecule has 2 aromatic rings. The monoisotopic (exact) mass is 304 g/mol. The van der Waals surface area contributed by atoms with Crippen LogP contribution in [0.3, 0.4) is 0 Å². The minimum absolute atomic E-state index is 0.131. The highest BCUT2D eigenvalue weighted by molar-refractivity contribution is 5.87. The van der Waals surface area contributed by atoms with Gasteiger partial charge in [0.25, 0.3) is 0 Å². The van der Waals surface area contributed by atoms with Gasteiger partial charge in [0.1, 0.15) is 5.75 Å². The number of methoxy groups -OCH3 is 1. The maximum absolute atomic E-state index is 10.9. The topological polar surface area (TPSA) is 85.0 Å². The third kappa shape index (κ3) is 2.75. The molecular weight excluding hydrogens is 288 g/mol. The number of rotatable bonds is 4. The first kappa shape index (κ1) is 14.4. The van der Waals surface area contributed by atoms with E-state index in [1.54, 1.807) is 7.11 Å². The van der Waals surface area contributed by atoms with Gasteiger partial charge in [0.05, 0.1) is 25.9 Å². The Balaban J connectivity index is 1.98. The molecule has 1 fully saturated rings. The number of carboxylic acids is 1. The number of carbonyl (C=O) groups is 1. The van der Waals surface area contributed by atoms with Crippen molar-refractivity contribution in [1.82, 2.24) is 5.16 Å². The van der Waals surface area contributed by atoms with Gasteiger partial charge in [-0.2, -0.15) is 0 Å². The Labute approximate surface area is 127 Å². The SMILES string of the molecule is COc1ccc(N2CCOCC2)cc1-c1cc(C(=O)O)no1. The van der Waals surface area contributed by atoms with Gasteiger partial charge in [0, 0.05) is 24.8 Å². The van der Waals surface area contributed by atoms with E-state index in [1.165, 1.54) is 6.07 Å². The number of nitrogens with zero attached hydrogens (tertiary/aromatic N) is 2. The molecule has 0 bridgehead atoms. The molecule has 7 nitrogen and oxygen atoms in total. The van der Waals surface area contributed by atoms with E-state index in [1.807, 2.05) is 18.2 Å². The van der Waals surface area contributed by atoms with Crippen LogP contribution in [-0.2, 0) is 4.74 Å². The Morgan fingerprint density at radius 2 is 2.09 bits per heavy atom. The predicted octanol–water partition coefficient (Wildman–Crippen LogP) is 1.89. The smallest absolute Gasteiger partial charge is 0.358 e. The van der Waals surface area contributed by atoms with Crippen LogP contribution in [0.1, 0.15) is 10.5 Å². The minimum atomic E-state index is -1.13. The molecule has 1 aliphatic heterocycles. The lowest BCUT2D eigenvalue weighted by Gasteiger charge is -2.29. The number of benzene rings is 1. The lowest BCUT2D eigenvalue weighted by Crippen LogP contribution is -2.36. The molecule has 0 unspecified atom stereocenters. The van der Waals surface area contributed by atoms with E-state index >= 15 is 0 Å². The fourth-order valence-corrected chi connectivity index (χ4v) is 2.41. The van der Waals surface area contributed by atoms with Gasteiger partial charge in [-0.25, -0.2) is 4.79 Å². The van der Waals surface area contributed by atoms with Crippen molar-refractivity contribution in [1.29, 1.82) is 0 Å². The van der Waals surface area contributed by atoms with Gasteiger partial charge < -0.3 is 24.0 Å². The zero-order chi connectivity index (χ0) is 15.5. The second-order valence-corrected chi connectivity index (χ2v) is 4.87. The molecule has 1 saturated heterocycles. The third-order valence-electron chi connectivity index (χ3n) is 3.55. The van der Waals surface area contributed by atoms with Gasteiger partial charge in [-0.05, 0) is 18.2 Å². The zero-order valence-corrected chi connectivity index (χ0v) is 12.1. The summed E-state index contributed by atoms with van der Waals surface area (Å²) in [4.78, 5) is 13.1. The number of carboxylic acid groups (broad SMARTS) is 1. The number of hydrogen-bond acceptors (Lipinski definition) is 6. The van der Waals surface area contributed by atoms with Crippen molar-refractivity contribution in [2.75, 3.05) is 38.3 Å². The van der Waals surface area contributed by atoms with Crippen LogP contribution in [0.15, 0.2) is 28.8 Å². The Hall–Kier alpha value is -2.54. The lowest BCUT2D eigenvalue weighted by atomic mass is 10.1. The zero-order valence-electron chi connectivity index (χ0n) is 12.1. The molecule has 0 aliphatic carbocycles. The third-order valence-corrected chi connectivity index (χ3v) is 3.55. The van der Waals surface area contributed by atoms with Gasteiger partial charge in [-0.15, -0.1) is 0 Å². The Kier molecular flexibility index (Phi) is 3.97. The van der Waals surface area contributed by atoms with E-state index in [0.29, 0.717) is 30.3 Å². The molecule has 2 heterocycles. The average Bonchev–Trinajstić information content (AvgIpc) is 3.05. The van der Waals surface area contributed by atoms with E-state index in [9.17, 15) is 4.79 Å². The van der Waals surface area contributed by atoms with Crippen molar-refractivity contribution in [3.63, 3.8) is 0 Å². The Bertz CT molecular complexity index is 676. The van der Waals surface area contributed by atoms with Crippen molar-refractivity contribution in [3.05, 3.63) is 30.0 Å². The second kappa shape index (κ2) is 6.07. The largest absolute Gasteiger partial charge is 0.496 e. The van der Waals surface area contributed by atoms with Crippen LogP contribution in [-0.4, -0.2) is 49.6 Å². The summed E-state index contributed by atoms with van der Waals surface area (Å²) in [6, 6.07) is 7.10. The summed E-state index contributed by atoms with van der Waals surface area (Å²) >= 11 is 0. The van der Waals surface area contributed by atoms with Gasteiger partial charge in [0.2, 0.25) is 0 Å². The van der Waals surface area contributed by atoms with Crippen LogP contribution in [0.5, 0.6) is 5.75 Å². The fraction of sp³-hybridized carbons (Fsp3) is 0.333. The molecule has 1 aliphatic rings. The second-order valence-electron chi connectivity index (χ2n) is 4.87. The molecule has 1 aromatic carbocycles. The standard InChI is InChI=1S/C15H16N2O5/c1-20-13-3-2-10(17-4-6-21-7-5-17)8-11(13)14-9-12(15(18)19)16-22-14/h2-3,8-9H,4-7H2,1H3,(H,18,19). The van der Waals surface area contributed by atoms with Crippen molar-refractivity contribution >= 4 is 11.7 Å². The predicted molar refractivity (Wildman–Crippen MR) is 78.5 cm³/mol. The molecule has 1 aromatic heterocycles. The van der Waals surface area contributed by atoms with Crippen LogP contribution < -0.4 is 9.64 Å². The number of aromatic nitrogens is 1. The first-order chi connectivity index (χ1) is 10.7. The number of hydrogen-bond donors (Lipinski definition) is 1. The van der Waals surface area contributed by atoms with Gasteiger partial charge >= 0.3 is 5.97 Å². The molecule has 0 saturated carbocycles. The number of aromatic carboxylic acids is 1. The number of anilines is 1. The van der Waals surface area contributed by atoms with E-state index in [0.717, 1.165) is 18.8 Å². The van der Waals surface area contributed by atoms with Crippen molar-refractivity contribution < 1.29 is 23.9 Å². The minimum Gasteiger partial charge on any atom is -0.496 e. The normalized spacial score (nSPS) is 14.9. The van der Waals surface area contributed by atoms with Crippen LogP contribution in [0, 0.1) is 0 Å². The quantitative estimate of drug-likeness (QED) is 0.923. The highest BCUT2D eigenvalue weighted by Crippen LogP contribution is 2.34. The highest BCUT2D eigenvalue weighted by atomic mass is 16.5. The molecular formula is C15H16N2O5. The van der Waals surface area contributed by atoms with Gasteiger partial charge in [-0.1, -0.05) is 5.16 Å². The maximum Gasteiger partial charge on any atom is 0.358 e. The Morgan fingerprint density at radius 1 is 1.32 bits per heavy atom. The summed E-state index contributed by atoms with van der Waals surface area (Å²) in [7, 11) is 1.56. The summed E-state index contributed by atoms with van der Waals surface area (Å²) in [6.07, 6.45) is 0. The highest BCUT2D eigenvalue weighted by Gasteiger charge is 2.18. The molecule has 0 spiro atoms. The van der Waals surface area contributed by atoms with Gasteiger partial charge in [0.15, 0.2) is 11.5 Å². The molecule has 0 radical (unpaired) electrons. The molecule has 0 amide bonds. The average molecular weight is 304 g/mol. The van der Waals surface area contributed by atoms with E-state index in [2.05, 4.69) is 10.1 Å². The first-order valence-electron chi connectivity index (χ1n) is 6.90. The van der Waals surface area contributed by atoms with E-state index < -0.39 is 5.97 Å². The van der Waals surface area contributed by atoms with E-state index in [4.69, 9.17) is 19.1 Å².